The lowest BCUT2D eigenvalue weighted by Crippen LogP contribution is -2.33. The number of hydrogen-bond donors (Lipinski definition) is 1. The quantitative estimate of drug-likeness (QED) is 0.925. The molecule has 1 saturated heterocycles. The van der Waals surface area contributed by atoms with Gasteiger partial charge >= 0.3 is 6.18 Å². The highest BCUT2D eigenvalue weighted by Crippen LogP contribution is 2.29. The van der Waals surface area contributed by atoms with Crippen LogP contribution >= 0.6 is 0 Å². The van der Waals surface area contributed by atoms with Crippen LogP contribution in [0.25, 0.3) is 0 Å². The minimum absolute atomic E-state index is 0.570. The SMILES string of the molecule is NCCN1CCCN(Cc2cccc(C(F)(F)F)c2)CC1. The summed E-state index contributed by atoms with van der Waals surface area (Å²) in [5.74, 6) is 0. The first-order valence-corrected chi connectivity index (χ1v) is 7.30. The number of rotatable bonds is 4. The van der Waals surface area contributed by atoms with Crippen LogP contribution in [0.15, 0.2) is 24.3 Å². The van der Waals surface area contributed by atoms with Crippen molar-refractivity contribution in [1.29, 1.82) is 0 Å². The summed E-state index contributed by atoms with van der Waals surface area (Å²) in [6.45, 7) is 5.82. The van der Waals surface area contributed by atoms with Crippen LogP contribution in [0.2, 0.25) is 0 Å². The number of alkyl halides is 3. The zero-order valence-electron chi connectivity index (χ0n) is 12.1. The van der Waals surface area contributed by atoms with Crippen LogP contribution in [0.3, 0.4) is 0 Å². The van der Waals surface area contributed by atoms with Gasteiger partial charge in [-0.3, -0.25) is 4.90 Å². The summed E-state index contributed by atoms with van der Waals surface area (Å²) in [7, 11) is 0. The van der Waals surface area contributed by atoms with Crippen LogP contribution in [0.5, 0.6) is 0 Å². The summed E-state index contributed by atoms with van der Waals surface area (Å²) in [4.78, 5) is 4.53. The number of nitrogens with two attached hydrogens (primary N) is 1. The van der Waals surface area contributed by atoms with Crippen molar-refractivity contribution >= 4 is 0 Å². The Morgan fingerprint density at radius 1 is 1.05 bits per heavy atom. The van der Waals surface area contributed by atoms with Crippen molar-refractivity contribution in [3.8, 4) is 0 Å². The molecule has 2 rings (SSSR count). The number of hydrogen-bond acceptors (Lipinski definition) is 3. The lowest BCUT2D eigenvalue weighted by molar-refractivity contribution is -0.137. The predicted molar refractivity (Wildman–Crippen MR) is 76.8 cm³/mol. The highest BCUT2D eigenvalue weighted by atomic mass is 19.4. The summed E-state index contributed by atoms with van der Waals surface area (Å²) in [5.41, 5.74) is 5.71. The van der Waals surface area contributed by atoms with Crippen LogP contribution in [-0.2, 0) is 12.7 Å². The first-order valence-electron chi connectivity index (χ1n) is 7.30. The highest BCUT2D eigenvalue weighted by molar-refractivity contribution is 5.25. The van der Waals surface area contributed by atoms with Crippen molar-refractivity contribution in [1.82, 2.24) is 9.80 Å². The molecular formula is C15H22F3N3. The first-order chi connectivity index (χ1) is 9.99. The zero-order chi connectivity index (χ0) is 15.3. The monoisotopic (exact) mass is 301 g/mol. The van der Waals surface area contributed by atoms with Gasteiger partial charge in [0.05, 0.1) is 5.56 Å². The molecule has 1 aliphatic rings. The summed E-state index contributed by atoms with van der Waals surface area (Å²) < 4.78 is 38.1. The third-order valence-corrected chi connectivity index (χ3v) is 3.79. The van der Waals surface area contributed by atoms with Crippen molar-refractivity contribution in [3.63, 3.8) is 0 Å². The topological polar surface area (TPSA) is 32.5 Å². The number of halogens is 3. The number of benzene rings is 1. The van der Waals surface area contributed by atoms with Crippen LogP contribution in [0.4, 0.5) is 13.2 Å². The Balaban J connectivity index is 1.95. The van der Waals surface area contributed by atoms with E-state index in [4.69, 9.17) is 5.73 Å². The Hall–Kier alpha value is -1.11. The van der Waals surface area contributed by atoms with Crippen LogP contribution in [-0.4, -0.2) is 49.1 Å². The minimum atomic E-state index is -4.27. The second kappa shape index (κ2) is 7.24. The van der Waals surface area contributed by atoms with E-state index in [9.17, 15) is 13.2 Å². The van der Waals surface area contributed by atoms with E-state index in [1.165, 1.54) is 12.1 Å². The van der Waals surface area contributed by atoms with Crippen molar-refractivity contribution in [3.05, 3.63) is 35.4 Å². The Bertz CT molecular complexity index is 448. The first kappa shape index (κ1) is 16.3. The molecule has 1 aromatic rings. The van der Waals surface area contributed by atoms with Gasteiger partial charge in [-0.2, -0.15) is 13.2 Å². The van der Waals surface area contributed by atoms with Gasteiger partial charge in [-0.05, 0) is 31.1 Å². The van der Waals surface area contributed by atoms with Gasteiger partial charge in [0.15, 0.2) is 0 Å². The Kier molecular flexibility index (Phi) is 5.61. The van der Waals surface area contributed by atoms with Crippen molar-refractivity contribution < 1.29 is 13.2 Å². The molecule has 0 aromatic heterocycles. The second-order valence-electron chi connectivity index (χ2n) is 5.46. The molecule has 1 fully saturated rings. The molecule has 1 heterocycles. The van der Waals surface area contributed by atoms with E-state index < -0.39 is 11.7 Å². The van der Waals surface area contributed by atoms with Crippen LogP contribution < -0.4 is 5.73 Å². The highest BCUT2D eigenvalue weighted by Gasteiger charge is 2.30. The van der Waals surface area contributed by atoms with Gasteiger partial charge in [-0.25, -0.2) is 0 Å². The average molecular weight is 301 g/mol. The van der Waals surface area contributed by atoms with Gasteiger partial charge < -0.3 is 10.6 Å². The molecule has 1 aromatic carbocycles. The molecule has 0 spiro atoms. The van der Waals surface area contributed by atoms with Gasteiger partial charge in [0, 0.05) is 32.7 Å². The van der Waals surface area contributed by atoms with Crippen molar-refractivity contribution in [2.75, 3.05) is 39.3 Å². The molecule has 3 nitrogen and oxygen atoms in total. The molecule has 0 radical (unpaired) electrons. The lowest BCUT2D eigenvalue weighted by Gasteiger charge is -2.21. The normalized spacial score (nSPS) is 18.7. The maximum Gasteiger partial charge on any atom is 0.416 e. The molecule has 0 amide bonds. The largest absolute Gasteiger partial charge is 0.416 e. The number of nitrogens with zero attached hydrogens (tertiary/aromatic N) is 2. The maximum absolute atomic E-state index is 12.7. The fourth-order valence-corrected chi connectivity index (χ4v) is 2.69. The molecule has 0 atom stereocenters. The summed E-state index contributed by atoms with van der Waals surface area (Å²) in [6, 6.07) is 5.62. The van der Waals surface area contributed by atoms with E-state index in [-0.39, 0.29) is 0 Å². The van der Waals surface area contributed by atoms with E-state index in [0.717, 1.165) is 50.8 Å². The zero-order valence-corrected chi connectivity index (χ0v) is 12.1. The lowest BCUT2D eigenvalue weighted by atomic mass is 10.1. The Morgan fingerprint density at radius 3 is 2.48 bits per heavy atom. The summed E-state index contributed by atoms with van der Waals surface area (Å²) in [5, 5.41) is 0. The minimum Gasteiger partial charge on any atom is -0.329 e. The van der Waals surface area contributed by atoms with Gasteiger partial charge in [-0.15, -0.1) is 0 Å². The summed E-state index contributed by atoms with van der Waals surface area (Å²) in [6.07, 6.45) is -3.24. The average Bonchev–Trinajstić information content (AvgIpc) is 2.64. The fourth-order valence-electron chi connectivity index (χ4n) is 2.69. The molecule has 6 heteroatoms. The standard InChI is InChI=1S/C15H22F3N3/c16-15(17,18)14-4-1-3-13(11-14)12-21-7-2-6-20(8-5-19)9-10-21/h1,3-4,11H,2,5-10,12,19H2. The van der Waals surface area contributed by atoms with Crippen LogP contribution in [0.1, 0.15) is 17.5 Å². The maximum atomic E-state index is 12.7. The Morgan fingerprint density at radius 2 is 1.76 bits per heavy atom. The molecule has 118 valence electrons. The molecule has 2 N–H and O–H groups in total. The van der Waals surface area contributed by atoms with E-state index in [1.807, 2.05) is 0 Å². The summed E-state index contributed by atoms with van der Waals surface area (Å²) >= 11 is 0. The molecule has 0 aliphatic carbocycles. The third kappa shape index (κ3) is 4.98. The smallest absolute Gasteiger partial charge is 0.329 e. The molecule has 0 bridgehead atoms. The molecule has 1 aliphatic heterocycles. The van der Waals surface area contributed by atoms with Crippen molar-refractivity contribution in [2.45, 2.75) is 19.1 Å². The molecular weight excluding hydrogens is 279 g/mol. The van der Waals surface area contributed by atoms with Gasteiger partial charge in [-0.1, -0.05) is 18.2 Å². The molecule has 0 saturated carbocycles. The Labute approximate surface area is 123 Å². The van der Waals surface area contributed by atoms with E-state index in [1.54, 1.807) is 6.07 Å². The molecule has 0 unspecified atom stereocenters. The van der Waals surface area contributed by atoms with E-state index in [2.05, 4.69) is 9.80 Å². The van der Waals surface area contributed by atoms with Crippen LogP contribution in [0, 0.1) is 0 Å². The molecule has 21 heavy (non-hydrogen) atoms. The van der Waals surface area contributed by atoms with Gasteiger partial charge in [0.1, 0.15) is 0 Å². The second-order valence-corrected chi connectivity index (χ2v) is 5.46. The van der Waals surface area contributed by atoms with E-state index in [0.29, 0.717) is 13.1 Å². The fraction of sp³-hybridized carbons (Fsp3) is 0.600. The van der Waals surface area contributed by atoms with Crippen molar-refractivity contribution in [2.24, 2.45) is 5.73 Å². The third-order valence-electron chi connectivity index (χ3n) is 3.79. The van der Waals surface area contributed by atoms with Gasteiger partial charge in [0.2, 0.25) is 0 Å². The predicted octanol–water partition coefficient (Wildman–Crippen LogP) is 2.17. The van der Waals surface area contributed by atoms with E-state index >= 15 is 0 Å². The van der Waals surface area contributed by atoms with Gasteiger partial charge in [0.25, 0.3) is 0 Å².